The lowest BCUT2D eigenvalue weighted by atomic mass is 10.3. The minimum absolute atomic E-state index is 0.0416. The van der Waals surface area contributed by atoms with Gasteiger partial charge in [0.15, 0.2) is 0 Å². The van der Waals surface area contributed by atoms with Crippen LogP contribution < -0.4 is 0 Å². The predicted molar refractivity (Wildman–Crippen MR) is 54.5 cm³/mol. The van der Waals surface area contributed by atoms with Crippen LogP contribution in [0.2, 0.25) is 0 Å². The Hall–Kier alpha value is -0.160. The molecule has 15 heavy (non-hydrogen) atoms. The quantitative estimate of drug-likeness (QED) is 0.655. The molecule has 0 N–H and O–H groups in total. The Morgan fingerprint density at radius 1 is 1.40 bits per heavy atom. The Labute approximate surface area is 90.8 Å². The van der Waals surface area contributed by atoms with Crippen LogP contribution in [0.5, 0.6) is 0 Å². The van der Waals surface area contributed by atoms with Crippen molar-refractivity contribution in [2.45, 2.75) is 44.7 Å². The standard InChI is InChI=1S/C11H20O4/c1-2-3-6-12-8-10-9-14-11(15-10)5-4-7-13-11/h10H,2-9H2,1H3. The fourth-order valence-corrected chi connectivity index (χ4v) is 1.88. The van der Waals surface area contributed by atoms with Gasteiger partial charge in [-0.25, -0.2) is 0 Å². The van der Waals surface area contributed by atoms with E-state index in [-0.39, 0.29) is 6.10 Å². The van der Waals surface area contributed by atoms with Gasteiger partial charge in [-0.3, -0.25) is 0 Å². The average Bonchev–Trinajstić information content (AvgIpc) is 2.85. The summed E-state index contributed by atoms with van der Waals surface area (Å²) in [5, 5.41) is 0. The molecule has 0 saturated carbocycles. The van der Waals surface area contributed by atoms with Gasteiger partial charge in [-0.2, -0.15) is 0 Å². The summed E-state index contributed by atoms with van der Waals surface area (Å²) in [4.78, 5) is 0. The summed E-state index contributed by atoms with van der Waals surface area (Å²) in [6, 6.07) is 0. The van der Waals surface area contributed by atoms with Crippen molar-refractivity contribution in [3.05, 3.63) is 0 Å². The van der Waals surface area contributed by atoms with Gasteiger partial charge in [0.1, 0.15) is 6.10 Å². The molecule has 0 aromatic heterocycles. The molecule has 0 aromatic rings. The van der Waals surface area contributed by atoms with Gasteiger partial charge >= 0.3 is 0 Å². The highest BCUT2D eigenvalue weighted by Crippen LogP contribution is 2.34. The largest absolute Gasteiger partial charge is 0.379 e. The summed E-state index contributed by atoms with van der Waals surface area (Å²) in [6.07, 6.45) is 4.17. The zero-order valence-corrected chi connectivity index (χ0v) is 9.37. The third-order valence-corrected chi connectivity index (χ3v) is 2.73. The Kier molecular flexibility index (Phi) is 3.97. The maximum absolute atomic E-state index is 5.72. The average molecular weight is 216 g/mol. The maximum atomic E-state index is 5.72. The first-order chi connectivity index (χ1) is 7.35. The van der Waals surface area contributed by atoms with E-state index in [0.29, 0.717) is 13.2 Å². The van der Waals surface area contributed by atoms with Gasteiger partial charge in [0.25, 0.3) is 5.97 Å². The van der Waals surface area contributed by atoms with Crippen LogP contribution in [0.25, 0.3) is 0 Å². The molecule has 0 amide bonds. The van der Waals surface area contributed by atoms with Gasteiger partial charge in [0.05, 0.1) is 19.8 Å². The molecule has 2 heterocycles. The molecule has 0 bridgehead atoms. The van der Waals surface area contributed by atoms with E-state index in [9.17, 15) is 0 Å². The zero-order chi connectivity index (χ0) is 10.6. The van der Waals surface area contributed by atoms with Crippen molar-refractivity contribution >= 4 is 0 Å². The van der Waals surface area contributed by atoms with E-state index in [1.807, 2.05) is 0 Å². The monoisotopic (exact) mass is 216 g/mol. The third kappa shape index (κ3) is 2.91. The molecule has 0 radical (unpaired) electrons. The molecule has 2 saturated heterocycles. The van der Waals surface area contributed by atoms with Crippen LogP contribution in [-0.4, -0.2) is 38.5 Å². The number of hydrogen-bond donors (Lipinski definition) is 0. The molecule has 2 unspecified atom stereocenters. The molecule has 2 fully saturated rings. The van der Waals surface area contributed by atoms with E-state index >= 15 is 0 Å². The number of unbranched alkanes of at least 4 members (excludes halogenated alkanes) is 1. The van der Waals surface area contributed by atoms with Crippen molar-refractivity contribution in [2.24, 2.45) is 0 Å². The molecule has 0 aliphatic carbocycles. The highest BCUT2D eigenvalue weighted by molar-refractivity contribution is 4.75. The van der Waals surface area contributed by atoms with Gasteiger partial charge in [-0.15, -0.1) is 0 Å². The molecule has 0 aromatic carbocycles. The normalized spacial score (nSPS) is 35.4. The van der Waals surface area contributed by atoms with Crippen LogP contribution in [-0.2, 0) is 18.9 Å². The number of hydrogen-bond acceptors (Lipinski definition) is 4. The van der Waals surface area contributed by atoms with E-state index in [0.717, 1.165) is 38.9 Å². The molecule has 1 spiro atoms. The summed E-state index contributed by atoms with van der Waals surface area (Å²) in [5.41, 5.74) is 0. The molecular weight excluding hydrogens is 196 g/mol. The first-order valence-electron chi connectivity index (χ1n) is 5.88. The summed E-state index contributed by atoms with van der Waals surface area (Å²) in [6.45, 7) is 4.91. The van der Waals surface area contributed by atoms with E-state index in [1.165, 1.54) is 0 Å². The summed E-state index contributed by atoms with van der Waals surface area (Å²) >= 11 is 0. The van der Waals surface area contributed by atoms with Gasteiger partial charge < -0.3 is 18.9 Å². The molecule has 2 aliphatic heterocycles. The first-order valence-corrected chi connectivity index (χ1v) is 5.88. The van der Waals surface area contributed by atoms with Crippen molar-refractivity contribution in [2.75, 3.05) is 26.4 Å². The minimum Gasteiger partial charge on any atom is -0.379 e. The van der Waals surface area contributed by atoms with Crippen molar-refractivity contribution in [3.8, 4) is 0 Å². The SMILES string of the molecule is CCCCOCC1COC2(CCCO2)O1. The van der Waals surface area contributed by atoms with Crippen LogP contribution in [0.1, 0.15) is 32.6 Å². The van der Waals surface area contributed by atoms with Crippen molar-refractivity contribution in [1.29, 1.82) is 0 Å². The molecule has 4 nitrogen and oxygen atoms in total. The second-order valence-corrected chi connectivity index (χ2v) is 4.11. The Balaban J connectivity index is 1.64. The molecule has 88 valence electrons. The lowest BCUT2D eigenvalue weighted by Gasteiger charge is -2.20. The van der Waals surface area contributed by atoms with Gasteiger partial charge in [0, 0.05) is 13.0 Å². The van der Waals surface area contributed by atoms with Crippen LogP contribution in [0, 0.1) is 0 Å². The predicted octanol–water partition coefficient (Wildman–Crippen LogP) is 1.68. The zero-order valence-electron chi connectivity index (χ0n) is 9.37. The molecular formula is C11H20O4. The second-order valence-electron chi connectivity index (χ2n) is 4.11. The minimum atomic E-state index is -0.723. The molecule has 4 heteroatoms. The van der Waals surface area contributed by atoms with E-state index in [1.54, 1.807) is 0 Å². The highest BCUT2D eigenvalue weighted by atomic mass is 16.9. The fraction of sp³-hybridized carbons (Fsp3) is 1.00. The summed E-state index contributed by atoms with van der Waals surface area (Å²) < 4.78 is 22.2. The number of rotatable bonds is 5. The lowest BCUT2D eigenvalue weighted by Crippen LogP contribution is -2.30. The Morgan fingerprint density at radius 2 is 2.33 bits per heavy atom. The van der Waals surface area contributed by atoms with Gasteiger partial charge in [-0.1, -0.05) is 13.3 Å². The lowest BCUT2D eigenvalue weighted by molar-refractivity contribution is -0.315. The van der Waals surface area contributed by atoms with Crippen molar-refractivity contribution < 1.29 is 18.9 Å². The third-order valence-electron chi connectivity index (χ3n) is 2.73. The van der Waals surface area contributed by atoms with E-state index in [2.05, 4.69) is 6.92 Å². The smallest absolute Gasteiger partial charge is 0.283 e. The maximum Gasteiger partial charge on any atom is 0.283 e. The second kappa shape index (κ2) is 5.25. The van der Waals surface area contributed by atoms with Crippen LogP contribution in [0.4, 0.5) is 0 Å². The molecule has 2 aliphatic rings. The van der Waals surface area contributed by atoms with E-state index < -0.39 is 5.97 Å². The number of ether oxygens (including phenoxy) is 4. The van der Waals surface area contributed by atoms with Crippen molar-refractivity contribution in [1.82, 2.24) is 0 Å². The first kappa shape index (κ1) is 11.3. The molecule has 2 atom stereocenters. The fourth-order valence-electron chi connectivity index (χ4n) is 1.88. The summed E-state index contributed by atoms with van der Waals surface area (Å²) in [5.74, 6) is -0.723. The molecule has 2 rings (SSSR count). The summed E-state index contributed by atoms with van der Waals surface area (Å²) in [7, 11) is 0. The Morgan fingerprint density at radius 3 is 3.07 bits per heavy atom. The van der Waals surface area contributed by atoms with Crippen LogP contribution >= 0.6 is 0 Å². The van der Waals surface area contributed by atoms with Crippen LogP contribution in [0.15, 0.2) is 0 Å². The van der Waals surface area contributed by atoms with E-state index in [4.69, 9.17) is 18.9 Å². The Bertz CT molecular complexity index is 189. The topological polar surface area (TPSA) is 36.9 Å². The van der Waals surface area contributed by atoms with Crippen molar-refractivity contribution in [3.63, 3.8) is 0 Å². The van der Waals surface area contributed by atoms with Gasteiger partial charge in [0.2, 0.25) is 0 Å². The highest BCUT2D eigenvalue weighted by Gasteiger charge is 2.45. The van der Waals surface area contributed by atoms with Gasteiger partial charge in [-0.05, 0) is 12.8 Å². The van der Waals surface area contributed by atoms with Crippen LogP contribution in [0.3, 0.4) is 0 Å².